The molecule has 1 saturated heterocycles. The summed E-state index contributed by atoms with van der Waals surface area (Å²) in [6.07, 6.45) is 2.09. The van der Waals surface area contributed by atoms with Crippen LogP contribution < -0.4 is 0 Å². The van der Waals surface area contributed by atoms with Crippen LogP contribution in [-0.4, -0.2) is 62.1 Å². The van der Waals surface area contributed by atoms with Gasteiger partial charge in [-0.3, -0.25) is 9.59 Å². The van der Waals surface area contributed by atoms with E-state index in [1.54, 1.807) is 17.5 Å². The van der Waals surface area contributed by atoms with Gasteiger partial charge in [0.25, 0.3) is 5.91 Å². The van der Waals surface area contributed by atoms with Crippen LogP contribution in [0.2, 0.25) is 0 Å². The van der Waals surface area contributed by atoms with Crippen molar-refractivity contribution in [2.45, 2.75) is 46.1 Å². The van der Waals surface area contributed by atoms with Gasteiger partial charge in [0.2, 0.25) is 11.0 Å². The highest BCUT2D eigenvalue weighted by molar-refractivity contribution is 7.12. The second-order valence-corrected chi connectivity index (χ2v) is 11.7. The molecule has 2 amide bonds. The molecular formula is C28H31N5O2S2. The third kappa shape index (κ3) is 5.24. The molecule has 1 fully saturated rings. The molecule has 0 spiro atoms. The number of nitrogens with zero attached hydrogens (tertiary/aromatic N) is 5. The first-order chi connectivity index (χ1) is 17.8. The Hall–Kier alpha value is -3.30. The average molecular weight is 534 g/mol. The first-order valence-corrected chi connectivity index (χ1v) is 14.3. The molecule has 0 aliphatic carbocycles. The summed E-state index contributed by atoms with van der Waals surface area (Å²) in [7, 11) is 0. The normalized spacial score (nSPS) is 16.0. The van der Waals surface area contributed by atoms with Crippen molar-refractivity contribution in [2.24, 2.45) is 0 Å². The maximum absolute atomic E-state index is 13.7. The van der Waals surface area contributed by atoms with Crippen molar-refractivity contribution in [3.63, 3.8) is 0 Å². The Balaban J connectivity index is 1.33. The third-order valence-corrected chi connectivity index (χ3v) is 8.44. The topological polar surface area (TPSA) is 71.3 Å². The van der Waals surface area contributed by atoms with Crippen LogP contribution in [0.1, 0.15) is 53.2 Å². The van der Waals surface area contributed by atoms with Crippen LogP contribution >= 0.6 is 22.7 Å². The van der Waals surface area contributed by atoms with Gasteiger partial charge >= 0.3 is 0 Å². The molecule has 1 aliphatic rings. The van der Waals surface area contributed by atoms with Gasteiger partial charge in [-0.25, -0.2) is 9.67 Å². The molecule has 37 heavy (non-hydrogen) atoms. The minimum atomic E-state index is -0.0428. The molecule has 0 radical (unpaired) electrons. The molecule has 0 unspecified atom stereocenters. The van der Waals surface area contributed by atoms with E-state index in [0.29, 0.717) is 31.6 Å². The highest BCUT2D eigenvalue weighted by Crippen LogP contribution is 2.29. The predicted molar refractivity (Wildman–Crippen MR) is 149 cm³/mol. The number of aromatic nitrogens is 3. The minimum absolute atomic E-state index is 0.0394. The van der Waals surface area contributed by atoms with Crippen molar-refractivity contribution in [3.8, 4) is 16.4 Å². The highest BCUT2D eigenvalue weighted by atomic mass is 32.1. The van der Waals surface area contributed by atoms with Gasteiger partial charge in [-0.05, 0) is 31.2 Å². The summed E-state index contributed by atoms with van der Waals surface area (Å²) >= 11 is 3.12. The van der Waals surface area contributed by atoms with Crippen LogP contribution in [0, 0.1) is 6.92 Å². The van der Waals surface area contributed by atoms with E-state index in [-0.39, 0.29) is 23.8 Å². The van der Waals surface area contributed by atoms with Crippen LogP contribution in [0.15, 0.2) is 53.4 Å². The van der Waals surface area contributed by atoms with E-state index in [9.17, 15) is 9.59 Å². The van der Waals surface area contributed by atoms with Crippen molar-refractivity contribution >= 4 is 34.5 Å². The van der Waals surface area contributed by atoms with Gasteiger partial charge in [0.05, 0.1) is 29.6 Å². The van der Waals surface area contributed by atoms with Crippen LogP contribution in [0.3, 0.4) is 0 Å². The quantitative estimate of drug-likeness (QED) is 0.333. The monoisotopic (exact) mass is 533 g/mol. The fraction of sp³-hybridized carbons (Fsp3) is 0.357. The number of piperazine rings is 1. The summed E-state index contributed by atoms with van der Waals surface area (Å²) in [5.74, 6) is 0.160. The Morgan fingerprint density at radius 1 is 1.11 bits per heavy atom. The summed E-state index contributed by atoms with van der Waals surface area (Å²) < 4.78 is 1.81. The average Bonchev–Trinajstić information content (AvgIpc) is 3.64. The molecule has 4 aromatic rings. The second-order valence-electron chi connectivity index (χ2n) is 9.83. The van der Waals surface area contributed by atoms with E-state index < -0.39 is 0 Å². The van der Waals surface area contributed by atoms with Gasteiger partial charge in [0.15, 0.2) is 0 Å². The van der Waals surface area contributed by atoms with E-state index in [4.69, 9.17) is 4.98 Å². The van der Waals surface area contributed by atoms with E-state index in [2.05, 4.69) is 50.1 Å². The van der Waals surface area contributed by atoms with Gasteiger partial charge < -0.3 is 9.80 Å². The zero-order valence-electron chi connectivity index (χ0n) is 21.5. The summed E-state index contributed by atoms with van der Waals surface area (Å²) in [6.45, 7) is 9.78. The molecule has 5 rings (SSSR count). The number of rotatable bonds is 6. The molecule has 0 bridgehead atoms. The van der Waals surface area contributed by atoms with Gasteiger partial charge in [0.1, 0.15) is 0 Å². The summed E-state index contributed by atoms with van der Waals surface area (Å²) in [5.41, 5.74) is 4.63. The lowest BCUT2D eigenvalue weighted by atomic mass is 10.0. The van der Waals surface area contributed by atoms with Crippen LogP contribution in [0.4, 0.5) is 0 Å². The number of carbonyl (C=O) groups is 2. The fourth-order valence-corrected chi connectivity index (χ4v) is 6.29. The smallest absolute Gasteiger partial charge is 0.257 e. The third-order valence-electron chi connectivity index (χ3n) is 6.74. The molecule has 0 N–H and O–H groups in total. The number of hydrogen-bond acceptors (Lipinski definition) is 6. The van der Waals surface area contributed by atoms with Gasteiger partial charge in [-0.2, -0.15) is 5.10 Å². The zero-order valence-corrected chi connectivity index (χ0v) is 23.2. The molecule has 1 aromatic carbocycles. The van der Waals surface area contributed by atoms with E-state index in [1.165, 1.54) is 16.9 Å². The first kappa shape index (κ1) is 25.4. The molecule has 3 aromatic heterocycles. The summed E-state index contributed by atoms with van der Waals surface area (Å²) in [6, 6.07) is 12.2. The van der Waals surface area contributed by atoms with Crippen LogP contribution in [-0.2, 0) is 11.2 Å². The predicted octanol–water partition coefficient (Wildman–Crippen LogP) is 5.40. The van der Waals surface area contributed by atoms with Crippen molar-refractivity contribution in [1.82, 2.24) is 24.6 Å². The van der Waals surface area contributed by atoms with Crippen molar-refractivity contribution in [3.05, 3.63) is 75.1 Å². The van der Waals surface area contributed by atoms with Crippen molar-refractivity contribution in [2.75, 3.05) is 19.6 Å². The fourth-order valence-electron chi connectivity index (χ4n) is 4.80. The summed E-state index contributed by atoms with van der Waals surface area (Å²) in [4.78, 5) is 36.2. The molecule has 9 heteroatoms. The zero-order chi connectivity index (χ0) is 26.1. The van der Waals surface area contributed by atoms with Gasteiger partial charge in [0, 0.05) is 41.5 Å². The summed E-state index contributed by atoms with van der Waals surface area (Å²) in [5, 5.41) is 9.37. The maximum atomic E-state index is 13.7. The Bertz CT molecular complexity index is 1390. The molecule has 1 atom stereocenters. The van der Waals surface area contributed by atoms with Gasteiger partial charge in [-0.1, -0.05) is 49.7 Å². The van der Waals surface area contributed by atoms with E-state index in [1.807, 2.05) is 44.3 Å². The Kier molecular flexibility index (Phi) is 7.26. The lowest BCUT2D eigenvalue weighted by Gasteiger charge is -2.40. The highest BCUT2D eigenvalue weighted by Gasteiger charge is 2.32. The number of thiazole rings is 1. The largest absolute Gasteiger partial charge is 0.336 e. The molecule has 1 aliphatic heterocycles. The number of aryl methyl sites for hydroxylation is 1. The van der Waals surface area contributed by atoms with Crippen LogP contribution in [0.5, 0.6) is 0 Å². The Morgan fingerprint density at radius 2 is 1.89 bits per heavy atom. The molecule has 0 saturated carbocycles. The SMILES string of the molecule is Cc1ccc(-c2csc(-n3ncc(C(=O)N4CCN(C(=O)Cc5cccs5)[C@H](C)C4)c3C(C)C)n2)cc1. The van der Waals surface area contributed by atoms with Crippen molar-refractivity contribution < 1.29 is 9.59 Å². The van der Waals surface area contributed by atoms with Gasteiger partial charge in [-0.15, -0.1) is 22.7 Å². The lowest BCUT2D eigenvalue weighted by molar-refractivity contribution is -0.134. The number of carbonyl (C=O) groups excluding carboxylic acids is 2. The number of hydrogen-bond donors (Lipinski definition) is 0. The second kappa shape index (κ2) is 10.6. The number of benzene rings is 1. The first-order valence-electron chi connectivity index (χ1n) is 12.5. The van der Waals surface area contributed by atoms with Crippen LogP contribution in [0.25, 0.3) is 16.4 Å². The standard InChI is InChI=1S/C28H31N5O2S2/c1-18(2)26-23(15-29-33(26)28-30-24(17-37-28)21-9-7-19(3)8-10-21)27(35)31-11-12-32(20(4)16-31)25(34)14-22-6-5-13-36-22/h5-10,13,15,17-18,20H,11-12,14,16H2,1-4H3/t20-/m1/s1. The maximum Gasteiger partial charge on any atom is 0.257 e. The minimum Gasteiger partial charge on any atom is -0.336 e. The Labute approximate surface area is 225 Å². The molecule has 4 heterocycles. The van der Waals surface area contributed by atoms with E-state index in [0.717, 1.165) is 27.0 Å². The molecule has 192 valence electrons. The molecule has 7 nitrogen and oxygen atoms in total. The molecular weight excluding hydrogens is 502 g/mol. The van der Waals surface area contributed by atoms with E-state index >= 15 is 0 Å². The number of thiophene rings is 1. The van der Waals surface area contributed by atoms with Crippen molar-refractivity contribution in [1.29, 1.82) is 0 Å². The Morgan fingerprint density at radius 3 is 2.57 bits per heavy atom. The lowest BCUT2D eigenvalue weighted by Crippen LogP contribution is -2.55. The number of amides is 2.